The molecule has 1 aromatic carbocycles. The first-order valence-corrected chi connectivity index (χ1v) is 9.67. The third kappa shape index (κ3) is 4.36. The summed E-state index contributed by atoms with van der Waals surface area (Å²) in [7, 11) is 1.55. The lowest BCUT2D eigenvalue weighted by Crippen LogP contribution is -2.45. The lowest BCUT2D eigenvalue weighted by atomic mass is 9.84. The van der Waals surface area contributed by atoms with E-state index in [2.05, 4.69) is 5.32 Å². The number of carbonyl (C=O) groups is 1. The van der Waals surface area contributed by atoms with Gasteiger partial charge in [0.1, 0.15) is 5.82 Å². The number of halogens is 2. The quantitative estimate of drug-likeness (QED) is 0.761. The summed E-state index contributed by atoms with van der Waals surface area (Å²) < 4.78 is 20.3. The molecule has 1 amide bonds. The molecule has 1 unspecified atom stereocenters. The first kappa shape index (κ1) is 21.1. The van der Waals surface area contributed by atoms with Gasteiger partial charge in [-0.3, -0.25) is 4.79 Å². The van der Waals surface area contributed by atoms with Gasteiger partial charge in [-0.15, -0.1) is 23.7 Å². The highest BCUT2D eigenvalue weighted by Crippen LogP contribution is 2.34. The van der Waals surface area contributed by atoms with Crippen LogP contribution in [-0.4, -0.2) is 25.6 Å². The molecular formula is C19H26ClFN2O2S. The summed E-state index contributed by atoms with van der Waals surface area (Å²) in [5.41, 5.74) is 6.55. The Balaban J connectivity index is 0.00000243. The molecule has 3 N–H and O–H groups in total. The van der Waals surface area contributed by atoms with E-state index < -0.39 is 0 Å². The molecule has 1 aliphatic carbocycles. The monoisotopic (exact) mass is 400 g/mol. The Morgan fingerprint density at radius 1 is 1.38 bits per heavy atom. The number of benzene rings is 1. The van der Waals surface area contributed by atoms with Crippen molar-refractivity contribution in [3.05, 3.63) is 34.5 Å². The second kappa shape index (κ2) is 9.65. The van der Waals surface area contributed by atoms with Crippen LogP contribution >= 0.6 is 23.7 Å². The van der Waals surface area contributed by atoms with Gasteiger partial charge in [0.25, 0.3) is 5.91 Å². The van der Waals surface area contributed by atoms with Gasteiger partial charge in [0.05, 0.1) is 11.5 Å². The van der Waals surface area contributed by atoms with Gasteiger partial charge in [-0.05, 0) is 30.9 Å². The summed E-state index contributed by atoms with van der Waals surface area (Å²) in [6.45, 7) is 0.635. The Morgan fingerprint density at radius 3 is 2.77 bits per heavy atom. The van der Waals surface area contributed by atoms with Crippen LogP contribution in [-0.2, 0) is 11.3 Å². The van der Waals surface area contributed by atoms with Crippen LogP contribution in [0.25, 0.3) is 10.1 Å². The molecular weight excluding hydrogens is 375 g/mol. The first-order chi connectivity index (χ1) is 12.2. The Morgan fingerprint density at radius 2 is 2.12 bits per heavy atom. The number of carbonyl (C=O) groups excluding carboxylic acids is 1. The third-order valence-corrected chi connectivity index (χ3v) is 6.24. The highest BCUT2D eigenvalue weighted by molar-refractivity contribution is 7.21. The second-order valence-corrected chi connectivity index (χ2v) is 7.72. The van der Waals surface area contributed by atoms with Gasteiger partial charge in [-0.2, -0.15) is 0 Å². The topological polar surface area (TPSA) is 64.3 Å². The molecule has 0 bridgehead atoms. The standard InChI is InChI=1S/C19H25FN2O2S.ClH/c1-24-11-13-17-14(20)8-5-9-16(17)25-18(13)19(23)22-15(10-21)12-6-3-2-4-7-12;/h5,8-9,12,15H,2-4,6-7,10-11,21H2,1H3,(H,22,23);1H. The van der Waals surface area contributed by atoms with E-state index in [1.165, 1.54) is 36.7 Å². The minimum absolute atomic E-state index is 0. The van der Waals surface area contributed by atoms with E-state index in [1.807, 2.05) is 6.07 Å². The molecule has 1 aliphatic rings. The minimum Gasteiger partial charge on any atom is -0.380 e. The maximum Gasteiger partial charge on any atom is 0.262 e. The lowest BCUT2D eigenvalue weighted by molar-refractivity contribution is 0.0915. The summed E-state index contributed by atoms with van der Waals surface area (Å²) in [4.78, 5) is 13.4. The van der Waals surface area contributed by atoms with Crippen LogP contribution in [0.15, 0.2) is 18.2 Å². The fraction of sp³-hybridized carbons (Fsp3) is 0.526. The van der Waals surface area contributed by atoms with Crippen molar-refractivity contribution in [1.29, 1.82) is 0 Å². The molecule has 1 saturated carbocycles. The number of hydrogen-bond donors (Lipinski definition) is 2. The molecule has 0 spiro atoms. The van der Waals surface area contributed by atoms with Crippen molar-refractivity contribution in [3.63, 3.8) is 0 Å². The number of fused-ring (bicyclic) bond motifs is 1. The highest BCUT2D eigenvalue weighted by atomic mass is 35.5. The number of nitrogens with two attached hydrogens (primary N) is 1. The van der Waals surface area contributed by atoms with E-state index in [0.717, 1.165) is 17.5 Å². The fourth-order valence-electron chi connectivity index (χ4n) is 3.77. The predicted octanol–water partition coefficient (Wildman–Crippen LogP) is 4.25. The van der Waals surface area contributed by atoms with Crippen molar-refractivity contribution in [1.82, 2.24) is 5.32 Å². The van der Waals surface area contributed by atoms with Gasteiger partial charge in [0, 0.05) is 35.3 Å². The molecule has 1 heterocycles. The molecule has 7 heteroatoms. The van der Waals surface area contributed by atoms with Crippen LogP contribution < -0.4 is 11.1 Å². The van der Waals surface area contributed by atoms with Gasteiger partial charge in [0.2, 0.25) is 0 Å². The Hall–Kier alpha value is -1.21. The van der Waals surface area contributed by atoms with Gasteiger partial charge >= 0.3 is 0 Å². The summed E-state index contributed by atoms with van der Waals surface area (Å²) in [5, 5.41) is 3.59. The number of hydrogen-bond acceptors (Lipinski definition) is 4. The fourth-order valence-corrected chi connectivity index (χ4v) is 4.90. The number of ether oxygens (including phenoxy) is 1. The average Bonchev–Trinajstić information content (AvgIpc) is 3.00. The van der Waals surface area contributed by atoms with E-state index in [-0.39, 0.29) is 36.8 Å². The van der Waals surface area contributed by atoms with Crippen LogP contribution in [0.1, 0.15) is 47.3 Å². The number of thiophene rings is 1. The Labute approximate surface area is 163 Å². The number of amides is 1. The summed E-state index contributed by atoms with van der Waals surface area (Å²) in [6, 6.07) is 4.89. The maximum atomic E-state index is 14.3. The van der Waals surface area contributed by atoms with Crippen molar-refractivity contribution in [3.8, 4) is 0 Å². The van der Waals surface area contributed by atoms with Gasteiger partial charge < -0.3 is 15.8 Å². The Bertz CT molecular complexity index is 746. The zero-order valence-corrected chi connectivity index (χ0v) is 16.6. The van der Waals surface area contributed by atoms with Gasteiger partial charge in [0.15, 0.2) is 0 Å². The maximum absolute atomic E-state index is 14.3. The molecule has 0 aliphatic heterocycles. The molecule has 0 radical (unpaired) electrons. The molecule has 1 fully saturated rings. The van der Waals surface area contributed by atoms with Crippen LogP contribution in [0.4, 0.5) is 4.39 Å². The molecule has 3 rings (SSSR count). The van der Waals surface area contributed by atoms with E-state index in [1.54, 1.807) is 13.2 Å². The molecule has 4 nitrogen and oxygen atoms in total. The SMILES string of the molecule is COCc1c(C(=O)NC(CN)C2CCCCC2)sc2cccc(F)c12.Cl. The van der Waals surface area contributed by atoms with E-state index in [4.69, 9.17) is 10.5 Å². The number of methoxy groups -OCH3 is 1. The van der Waals surface area contributed by atoms with E-state index in [0.29, 0.717) is 28.3 Å². The normalized spacial score (nSPS) is 16.3. The highest BCUT2D eigenvalue weighted by Gasteiger charge is 2.27. The van der Waals surface area contributed by atoms with Crippen molar-refractivity contribution in [2.24, 2.45) is 11.7 Å². The zero-order chi connectivity index (χ0) is 17.8. The van der Waals surface area contributed by atoms with Crippen LogP contribution in [0, 0.1) is 11.7 Å². The number of nitrogens with one attached hydrogen (secondary N) is 1. The van der Waals surface area contributed by atoms with Crippen molar-refractivity contribution in [2.45, 2.75) is 44.8 Å². The summed E-state index contributed by atoms with van der Waals surface area (Å²) >= 11 is 1.31. The molecule has 1 atom stereocenters. The third-order valence-electron chi connectivity index (χ3n) is 5.05. The average molecular weight is 401 g/mol. The first-order valence-electron chi connectivity index (χ1n) is 8.85. The molecule has 1 aromatic heterocycles. The molecule has 26 heavy (non-hydrogen) atoms. The van der Waals surface area contributed by atoms with Crippen molar-refractivity contribution >= 4 is 39.7 Å². The number of rotatable bonds is 6. The smallest absolute Gasteiger partial charge is 0.262 e. The van der Waals surface area contributed by atoms with E-state index in [9.17, 15) is 9.18 Å². The van der Waals surface area contributed by atoms with Gasteiger partial charge in [-0.25, -0.2) is 4.39 Å². The minimum atomic E-state index is -0.317. The van der Waals surface area contributed by atoms with Crippen molar-refractivity contribution in [2.75, 3.05) is 13.7 Å². The molecule has 144 valence electrons. The van der Waals surface area contributed by atoms with Crippen LogP contribution in [0.3, 0.4) is 0 Å². The predicted molar refractivity (Wildman–Crippen MR) is 107 cm³/mol. The van der Waals surface area contributed by atoms with Crippen LogP contribution in [0.2, 0.25) is 0 Å². The zero-order valence-electron chi connectivity index (χ0n) is 14.9. The lowest BCUT2D eigenvalue weighted by Gasteiger charge is -2.30. The summed E-state index contributed by atoms with van der Waals surface area (Å²) in [5.74, 6) is -0.0594. The van der Waals surface area contributed by atoms with Crippen LogP contribution in [0.5, 0.6) is 0 Å². The largest absolute Gasteiger partial charge is 0.380 e. The molecule has 0 saturated heterocycles. The summed E-state index contributed by atoms with van der Waals surface area (Å²) in [6.07, 6.45) is 5.86. The second-order valence-electron chi connectivity index (χ2n) is 6.67. The van der Waals surface area contributed by atoms with E-state index >= 15 is 0 Å². The van der Waals surface area contributed by atoms with Gasteiger partial charge in [-0.1, -0.05) is 25.3 Å². The van der Waals surface area contributed by atoms with Crippen molar-refractivity contribution < 1.29 is 13.9 Å². The molecule has 2 aromatic rings. The Kier molecular flexibility index (Phi) is 7.83.